The highest BCUT2D eigenvalue weighted by Gasteiger charge is 2.50. The van der Waals surface area contributed by atoms with Crippen LogP contribution in [0, 0.1) is 23.2 Å². The summed E-state index contributed by atoms with van der Waals surface area (Å²) < 4.78 is 1.88. The van der Waals surface area contributed by atoms with Gasteiger partial charge >= 0.3 is 0 Å². The molecular formula is C24H31N3O. The van der Waals surface area contributed by atoms with Gasteiger partial charge in [-0.25, -0.2) is 4.68 Å². The summed E-state index contributed by atoms with van der Waals surface area (Å²) in [5.74, 6) is 3.14. The van der Waals surface area contributed by atoms with Gasteiger partial charge in [0.15, 0.2) is 0 Å². The molecule has 4 heteroatoms. The normalized spacial score (nSPS) is 30.5. The van der Waals surface area contributed by atoms with E-state index in [1.165, 1.54) is 44.9 Å². The fourth-order valence-electron chi connectivity index (χ4n) is 6.62. The minimum atomic E-state index is 0.178. The molecule has 4 aliphatic rings. The molecule has 0 unspecified atom stereocenters. The Bertz CT molecular complexity index is 790. The highest BCUT2D eigenvalue weighted by Crippen LogP contribution is 2.61. The first-order valence-corrected chi connectivity index (χ1v) is 11.0. The first-order valence-electron chi connectivity index (χ1n) is 11.0. The molecule has 0 saturated heterocycles. The van der Waals surface area contributed by atoms with E-state index < -0.39 is 0 Å². The van der Waals surface area contributed by atoms with E-state index in [0.29, 0.717) is 11.8 Å². The lowest BCUT2D eigenvalue weighted by atomic mass is 9.49. The zero-order valence-electron chi connectivity index (χ0n) is 16.6. The molecule has 1 aromatic carbocycles. The maximum absolute atomic E-state index is 12.3. The van der Waals surface area contributed by atoms with Gasteiger partial charge in [-0.3, -0.25) is 4.79 Å². The summed E-state index contributed by atoms with van der Waals surface area (Å²) in [6, 6.07) is 10.1. The number of nitrogens with zero attached hydrogens (tertiary/aromatic N) is 2. The molecule has 1 aromatic heterocycles. The number of aryl methyl sites for hydroxylation is 1. The Morgan fingerprint density at radius 3 is 2.43 bits per heavy atom. The number of nitrogens with one attached hydrogen (secondary N) is 1. The Labute approximate surface area is 167 Å². The van der Waals surface area contributed by atoms with Gasteiger partial charge in [-0.05, 0) is 92.2 Å². The van der Waals surface area contributed by atoms with Crippen molar-refractivity contribution < 1.29 is 4.79 Å². The van der Waals surface area contributed by atoms with Crippen LogP contribution in [0.15, 0.2) is 42.7 Å². The lowest BCUT2D eigenvalue weighted by molar-refractivity contribution is -0.121. The zero-order chi connectivity index (χ0) is 19.0. The second-order valence-electron chi connectivity index (χ2n) is 9.65. The van der Waals surface area contributed by atoms with Gasteiger partial charge in [0, 0.05) is 19.2 Å². The molecule has 4 fully saturated rings. The summed E-state index contributed by atoms with van der Waals surface area (Å²) in [5.41, 5.74) is 2.72. The first kappa shape index (κ1) is 18.0. The van der Waals surface area contributed by atoms with E-state index in [4.69, 9.17) is 0 Å². The number of amides is 1. The minimum Gasteiger partial charge on any atom is -0.356 e. The van der Waals surface area contributed by atoms with Crippen molar-refractivity contribution in [1.82, 2.24) is 15.1 Å². The molecule has 6 rings (SSSR count). The van der Waals surface area contributed by atoms with Crippen LogP contribution >= 0.6 is 0 Å². The van der Waals surface area contributed by atoms with E-state index in [1.807, 2.05) is 47.4 Å². The van der Waals surface area contributed by atoms with Gasteiger partial charge in [0.2, 0.25) is 5.91 Å². The van der Waals surface area contributed by atoms with E-state index in [9.17, 15) is 4.79 Å². The van der Waals surface area contributed by atoms with Crippen molar-refractivity contribution in [3.05, 3.63) is 48.3 Å². The molecule has 4 saturated carbocycles. The van der Waals surface area contributed by atoms with E-state index >= 15 is 0 Å². The summed E-state index contributed by atoms with van der Waals surface area (Å²) in [6.45, 7) is 0.855. The maximum atomic E-state index is 12.3. The van der Waals surface area contributed by atoms with Crippen LogP contribution in [0.3, 0.4) is 0 Å². The molecule has 4 nitrogen and oxygen atoms in total. The summed E-state index contributed by atoms with van der Waals surface area (Å²) in [4.78, 5) is 12.3. The summed E-state index contributed by atoms with van der Waals surface area (Å²) in [7, 11) is 0. The standard InChI is InChI=1S/C24H31N3O/c28-23(7-6-18-16-26-27(17-18)22-4-2-1-3-5-22)25-9-8-24-13-19-10-20(14-24)12-21(11-19)15-24/h1-5,16-17,19-21H,6-15H2,(H,25,28). The predicted molar refractivity (Wildman–Crippen MR) is 110 cm³/mol. The number of carbonyl (C=O) groups excluding carboxylic acids is 1. The predicted octanol–water partition coefficient (Wildman–Crippen LogP) is 4.53. The molecular weight excluding hydrogens is 346 g/mol. The molecule has 4 bridgehead atoms. The second-order valence-corrected chi connectivity index (χ2v) is 9.65. The van der Waals surface area contributed by atoms with Gasteiger partial charge in [0.1, 0.15) is 0 Å². The maximum Gasteiger partial charge on any atom is 0.220 e. The van der Waals surface area contributed by atoms with Crippen molar-refractivity contribution in [2.75, 3.05) is 6.54 Å². The van der Waals surface area contributed by atoms with Gasteiger partial charge in [0.05, 0.1) is 11.9 Å². The van der Waals surface area contributed by atoms with Gasteiger partial charge < -0.3 is 5.32 Å². The second kappa shape index (κ2) is 7.38. The summed E-state index contributed by atoms with van der Waals surface area (Å²) >= 11 is 0. The van der Waals surface area contributed by atoms with Crippen molar-refractivity contribution in [1.29, 1.82) is 0 Å². The lowest BCUT2D eigenvalue weighted by Gasteiger charge is -2.57. The van der Waals surface area contributed by atoms with Crippen LogP contribution < -0.4 is 5.32 Å². The summed E-state index contributed by atoms with van der Waals surface area (Å²) in [5, 5.41) is 7.62. The third-order valence-electron chi connectivity index (χ3n) is 7.44. The molecule has 1 amide bonds. The van der Waals surface area contributed by atoms with Crippen LogP contribution in [0.2, 0.25) is 0 Å². The highest BCUT2D eigenvalue weighted by atomic mass is 16.1. The van der Waals surface area contributed by atoms with Crippen molar-refractivity contribution in [3.8, 4) is 5.69 Å². The number of carbonyl (C=O) groups is 1. The molecule has 2 aromatic rings. The van der Waals surface area contributed by atoms with E-state index in [1.54, 1.807) is 0 Å². The van der Waals surface area contributed by atoms with E-state index in [-0.39, 0.29) is 5.91 Å². The van der Waals surface area contributed by atoms with Crippen LogP contribution in [0.25, 0.3) is 5.69 Å². The van der Waals surface area contributed by atoms with Crippen LogP contribution in [-0.2, 0) is 11.2 Å². The summed E-state index contributed by atoms with van der Waals surface area (Å²) in [6.07, 6.45) is 15.1. The third kappa shape index (κ3) is 3.74. The van der Waals surface area contributed by atoms with Crippen molar-refractivity contribution in [2.45, 2.75) is 57.8 Å². The van der Waals surface area contributed by atoms with Gasteiger partial charge in [0.25, 0.3) is 0 Å². The number of hydrogen-bond acceptors (Lipinski definition) is 2. The van der Waals surface area contributed by atoms with Gasteiger partial charge in [-0.1, -0.05) is 18.2 Å². The molecule has 4 aliphatic carbocycles. The molecule has 1 heterocycles. The number of aromatic nitrogens is 2. The number of hydrogen-bond donors (Lipinski definition) is 1. The van der Waals surface area contributed by atoms with Crippen LogP contribution in [-0.4, -0.2) is 22.2 Å². The first-order chi connectivity index (χ1) is 13.7. The molecule has 28 heavy (non-hydrogen) atoms. The topological polar surface area (TPSA) is 46.9 Å². The smallest absolute Gasteiger partial charge is 0.220 e. The van der Waals surface area contributed by atoms with E-state index in [2.05, 4.69) is 10.4 Å². The number of para-hydroxylation sites is 1. The van der Waals surface area contributed by atoms with Crippen LogP contribution in [0.4, 0.5) is 0 Å². The highest BCUT2D eigenvalue weighted by molar-refractivity contribution is 5.76. The Morgan fingerprint density at radius 2 is 1.75 bits per heavy atom. The van der Waals surface area contributed by atoms with E-state index in [0.717, 1.165) is 42.0 Å². The zero-order valence-corrected chi connectivity index (χ0v) is 16.6. The molecule has 1 N–H and O–H groups in total. The fourth-order valence-corrected chi connectivity index (χ4v) is 6.62. The van der Waals surface area contributed by atoms with Gasteiger partial charge in [-0.2, -0.15) is 5.10 Å². The third-order valence-corrected chi connectivity index (χ3v) is 7.44. The Kier molecular flexibility index (Phi) is 4.73. The average Bonchev–Trinajstić information content (AvgIpc) is 3.15. The van der Waals surface area contributed by atoms with Crippen LogP contribution in [0.1, 0.15) is 56.9 Å². The van der Waals surface area contributed by atoms with Crippen LogP contribution in [0.5, 0.6) is 0 Å². The lowest BCUT2D eigenvalue weighted by Crippen LogP contribution is -2.47. The number of rotatable bonds is 7. The molecule has 0 atom stereocenters. The SMILES string of the molecule is O=C(CCc1cnn(-c2ccccc2)c1)NCCC12CC3CC(CC(C3)C1)C2. The molecule has 0 aliphatic heterocycles. The monoisotopic (exact) mass is 377 g/mol. The number of benzene rings is 1. The molecule has 148 valence electrons. The van der Waals surface area contributed by atoms with Gasteiger partial charge in [-0.15, -0.1) is 0 Å². The Morgan fingerprint density at radius 1 is 1.07 bits per heavy atom. The quantitative estimate of drug-likeness (QED) is 0.771. The fraction of sp³-hybridized carbons (Fsp3) is 0.583. The van der Waals surface area contributed by atoms with Crippen molar-refractivity contribution in [3.63, 3.8) is 0 Å². The molecule has 0 spiro atoms. The molecule has 0 radical (unpaired) electrons. The largest absolute Gasteiger partial charge is 0.356 e. The average molecular weight is 378 g/mol. The minimum absolute atomic E-state index is 0.178. The Balaban J connectivity index is 1.08. The Hall–Kier alpha value is -2.10. The van der Waals surface area contributed by atoms with Crippen molar-refractivity contribution in [2.24, 2.45) is 23.2 Å². The van der Waals surface area contributed by atoms with Crippen molar-refractivity contribution >= 4 is 5.91 Å².